The van der Waals surface area contributed by atoms with E-state index in [2.05, 4.69) is 4.99 Å². The van der Waals surface area contributed by atoms with Crippen LogP contribution < -0.4 is 11.5 Å². The molecule has 0 rings (SSSR count). The SMILES string of the molecule is NC(N)=NCCC(O)CO. The molecule has 0 aromatic rings. The van der Waals surface area contributed by atoms with Crippen molar-refractivity contribution in [3.63, 3.8) is 0 Å². The first-order valence-corrected chi connectivity index (χ1v) is 3.01. The molecule has 0 fully saturated rings. The Hall–Kier alpha value is -0.810. The highest BCUT2D eigenvalue weighted by Gasteiger charge is 1.98. The van der Waals surface area contributed by atoms with Crippen LogP contribution in [0.2, 0.25) is 0 Å². The summed E-state index contributed by atoms with van der Waals surface area (Å²) in [5.74, 6) is 0.00476. The first kappa shape index (κ1) is 9.19. The smallest absolute Gasteiger partial charge is 0.185 e. The fourth-order valence-corrected chi connectivity index (χ4v) is 0.434. The molecule has 0 aliphatic carbocycles. The van der Waals surface area contributed by atoms with Crippen molar-refractivity contribution in [3.05, 3.63) is 0 Å². The second kappa shape index (κ2) is 5.01. The minimum Gasteiger partial charge on any atom is -0.394 e. The van der Waals surface area contributed by atoms with Crippen LogP contribution >= 0.6 is 0 Å². The van der Waals surface area contributed by atoms with Crippen molar-refractivity contribution in [1.82, 2.24) is 0 Å². The van der Waals surface area contributed by atoms with E-state index in [1.807, 2.05) is 0 Å². The minimum atomic E-state index is -0.719. The average Bonchev–Trinajstić information content (AvgIpc) is 1.87. The van der Waals surface area contributed by atoms with Crippen LogP contribution in [0.15, 0.2) is 4.99 Å². The summed E-state index contributed by atoms with van der Waals surface area (Å²) in [7, 11) is 0. The highest BCUT2D eigenvalue weighted by atomic mass is 16.3. The summed E-state index contributed by atoms with van der Waals surface area (Å²) in [5.41, 5.74) is 10.0. The molecule has 0 aromatic carbocycles. The largest absolute Gasteiger partial charge is 0.394 e. The maximum Gasteiger partial charge on any atom is 0.185 e. The van der Waals surface area contributed by atoms with Crippen molar-refractivity contribution in [1.29, 1.82) is 0 Å². The first-order valence-electron chi connectivity index (χ1n) is 3.01. The lowest BCUT2D eigenvalue weighted by Crippen LogP contribution is -2.23. The Morgan fingerprint density at radius 2 is 2.10 bits per heavy atom. The monoisotopic (exact) mass is 147 g/mol. The van der Waals surface area contributed by atoms with E-state index in [1.165, 1.54) is 0 Å². The lowest BCUT2D eigenvalue weighted by molar-refractivity contribution is 0.0903. The quantitative estimate of drug-likeness (QED) is 0.273. The number of nitrogens with two attached hydrogens (primary N) is 2. The molecule has 0 aliphatic heterocycles. The molecule has 0 aliphatic rings. The van der Waals surface area contributed by atoms with Gasteiger partial charge in [0.25, 0.3) is 0 Å². The van der Waals surface area contributed by atoms with Gasteiger partial charge in [-0.25, -0.2) is 0 Å². The summed E-state index contributed by atoms with van der Waals surface area (Å²) in [6.07, 6.45) is -0.336. The molecule has 0 heterocycles. The fourth-order valence-electron chi connectivity index (χ4n) is 0.434. The van der Waals surface area contributed by atoms with Crippen LogP contribution in [0.5, 0.6) is 0 Å². The van der Waals surface area contributed by atoms with Gasteiger partial charge in [0, 0.05) is 6.54 Å². The van der Waals surface area contributed by atoms with Crippen LogP contribution in [-0.4, -0.2) is 35.4 Å². The molecule has 0 amide bonds. The Morgan fingerprint density at radius 3 is 2.50 bits per heavy atom. The minimum absolute atomic E-state index is 0.00476. The number of aliphatic hydroxyl groups is 2. The predicted molar refractivity (Wildman–Crippen MR) is 38.4 cm³/mol. The molecule has 10 heavy (non-hydrogen) atoms. The Kier molecular flexibility index (Phi) is 4.61. The second-order valence-corrected chi connectivity index (χ2v) is 1.93. The van der Waals surface area contributed by atoms with Gasteiger partial charge in [0.15, 0.2) is 5.96 Å². The normalized spacial score (nSPS) is 12.6. The molecule has 0 saturated heterocycles. The third-order valence-corrected chi connectivity index (χ3v) is 0.967. The lowest BCUT2D eigenvalue weighted by Gasteiger charge is -2.02. The third-order valence-electron chi connectivity index (χ3n) is 0.967. The topological polar surface area (TPSA) is 105 Å². The molecule has 0 saturated carbocycles. The highest BCUT2D eigenvalue weighted by molar-refractivity contribution is 5.75. The summed E-state index contributed by atoms with van der Waals surface area (Å²) in [5, 5.41) is 17.1. The Bertz CT molecular complexity index is 111. The van der Waals surface area contributed by atoms with E-state index in [4.69, 9.17) is 21.7 Å². The summed E-state index contributed by atoms with van der Waals surface area (Å²) in [4.78, 5) is 3.61. The van der Waals surface area contributed by atoms with Gasteiger partial charge in [0.2, 0.25) is 0 Å². The molecule has 0 spiro atoms. The van der Waals surface area contributed by atoms with Crippen molar-refractivity contribution in [2.24, 2.45) is 16.5 Å². The van der Waals surface area contributed by atoms with E-state index in [9.17, 15) is 0 Å². The van der Waals surface area contributed by atoms with Crippen LogP contribution in [-0.2, 0) is 0 Å². The van der Waals surface area contributed by atoms with Gasteiger partial charge in [-0.15, -0.1) is 0 Å². The van der Waals surface area contributed by atoms with Crippen LogP contribution in [0.1, 0.15) is 6.42 Å². The van der Waals surface area contributed by atoms with E-state index >= 15 is 0 Å². The first-order chi connectivity index (χ1) is 4.66. The van der Waals surface area contributed by atoms with Gasteiger partial charge in [-0.05, 0) is 6.42 Å². The van der Waals surface area contributed by atoms with Crippen molar-refractivity contribution in [3.8, 4) is 0 Å². The molecule has 1 atom stereocenters. The average molecular weight is 147 g/mol. The number of rotatable bonds is 4. The van der Waals surface area contributed by atoms with Crippen LogP contribution in [0.3, 0.4) is 0 Å². The van der Waals surface area contributed by atoms with Crippen LogP contribution in [0, 0.1) is 0 Å². The van der Waals surface area contributed by atoms with Crippen molar-refractivity contribution < 1.29 is 10.2 Å². The molecule has 60 valence electrons. The lowest BCUT2D eigenvalue weighted by atomic mass is 10.3. The molecule has 0 radical (unpaired) electrons. The maximum absolute atomic E-state index is 8.77. The molecular weight excluding hydrogens is 134 g/mol. The van der Waals surface area contributed by atoms with E-state index in [-0.39, 0.29) is 12.6 Å². The Balaban J connectivity index is 3.28. The van der Waals surface area contributed by atoms with Gasteiger partial charge in [-0.2, -0.15) is 0 Å². The van der Waals surface area contributed by atoms with Crippen LogP contribution in [0.25, 0.3) is 0 Å². The second-order valence-electron chi connectivity index (χ2n) is 1.93. The standard InChI is InChI=1S/C5H13N3O2/c6-5(7)8-2-1-4(10)3-9/h4,9-10H,1-3H2,(H4,6,7,8). The highest BCUT2D eigenvalue weighted by Crippen LogP contribution is 1.88. The summed E-state index contributed by atoms with van der Waals surface area (Å²) in [6.45, 7) is 0.101. The van der Waals surface area contributed by atoms with Gasteiger partial charge < -0.3 is 21.7 Å². The number of nitrogens with zero attached hydrogens (tertiary/aromatic N) is 1. The van der Waals surface area contributed by atoms with E-state index in [0.717, 1.165) is 0 Å². The van der Waals surface area contributed by atoms with E-state index in [1.54, 1.807) is 0 Å². The van der Waals surface area contributed by atoms with Gasteiger partial charge in [-0.3, -0.25) is 4.99 Å². The molecule has 0 bridgehead atoms. The molecule has 6 N–H and O–H groups in total. The van der Waals surface area contributed by atoms with Crippen molar-refractivity contribution in [2.45, 2.75) is 12.5 Å². The molecule has 1 unspecified atom stereocenters. The molecule has 5 nitrogen and oxygen atoms in total. The maximum atomic E-state index is 8.77. The summed E-state index contributed by atoms with van der Waals surface area (Å²) in [6, 6.07) is 0. The number of guanidine groups is 1. The third kappa shape index (κ3) is 5.33. The zero-order chi connectivity index (χ0) is 7.98. The number of aliphatic imine (C=N–C) groups is 1. The van der Waals surface area contributed by atoms with Crippen molar-refractivity contribution in [2.75, 3.05) is 13.2 Å². The van der Waals surface area contributed by atoms with E-state index < -0.39 is 6.10 Å². The fraction of sp³-hybridized carbons (Fsp3) is 0.800. The van der Waals surface area contributed by atoms with Gasteiger partial charge in [0.05, 0.1) is 12.7 Å². The zero-order valence-corrected chi connectivity index (χ0v) is 5.70. The van der Waals surface area contributed by atoms with Gasteiger partial charge >= 0.3 is 0 Å². The van der Waals surface area contributed by atoms with Gasteiger partial charge in [0.1, 0.15) is 0 Å². The molecular formula is C5H13N3O2. The number of hydrogen-bond donors (Lipinski definition) is 4. The summed E-state index contributed by atoms with van der Waals surface area (Å²) >= 11 is 0. The zero-order valence-electron chi connectivity index (χ0n) is 5.70. The van der Waals surface area contributed by atoms with E-state index in [0.29, 0.717) is 13.0 Å². The predicted octanol–water partition coefficient (Wildman–Crippen LogP) is -2.00. The Labute approximate surface area is 59.4 Å². The Morgan fingerprint density at radius 1 is 1.50 bits per heavy atom. The van der Waals surface area contributed by atoms with Crippen molar-refractivity contribution >= 4 is 5.96 Å². The molecule has 0 aromatic heterocycles. The number of hydrogen-bond acceptors (Lipinski definition) is 3. The molecule has 5 heteroatoms. The summed E-state index contributed by atoms with van der Waals surface area (Å²) < 4.78 is 0. The van der Waals surface area contributed by atoms with Gasteiger partial charge in [-0.1, -0.05) is 0 Å². The van der Waals surface area contributed by atoms with Crippen LogP contribution in [0.4, 0.5) is 0 Å². The number of aliphatic hydroxyl groups excluding tert-OH is 2.